The number of H-pyrrole nitrogens is 1. The van der Waals surface area contributed by atoms with E-state index in [4.69, 9.17) is 40.5 Å². The van der Waals surface area contributed by atoms with Crippen LogP contribution in [-0.4, -0.2) is 113 Å². The van der Waals surface area contributed by atoms with Crippen molar-refractivity contribution in [2.24, 2.45) is 0 Å². The van der Waals surface area contributed by atoms with E-state index in [0.29, 0.717) is 67.5 Å². The number of carbonyl (C=O) groups is 1. The second-order valence-corrected chi connectivity index (χ2v) is 14.8. The molecule has 1 amide bonds. The van der Waals surface area contributed by atoms with Crippen molar-refractivity contribution in [1.29, 1.82) is 0 Å². The van der Waals surface area contributed by atoms with Gasteiger partial charge in [0.05, 0.1) is 29.9 Å². The molecular weight excluding hydrogens is 646 g/mol. The number of ether oxygens (including phenoxy) is 4. The molecule has 0 unspecified atom stereocenters. The number of piperidine rings is 1. The number of nitrogens with zero attached hydrogens (tertiary/aromatic N) is 6. The van der Waals surface area contributed by atoms with Gasteiger partial charge in [0.25, 0.3) is 0 Å². The molecule has 1 N–H and O–H groups in total. The SMILES string of the molecule is Cc1ccc2[nH]ncc2c1-c1c(Cl)cc2c(N3CCN(C(=O)OC(C)(C)C)CC3)nc(OC3CCN(C)CC3)nc2c1OC1CCOCC1. The number of aromatic nitrogens is 4. The number of likely N-dealkylation sites (tertiary alicyclic amines) is 1. The summed E-state index contributed by atoms with van der Waals surface area (Å²) in [6, 6.07) is 6.37. The molecule has 0 spiro atoms. The Morgan fingerprint density at radius 3 is 2.37 bits per heavy atom. The number of anilines is 1. The predicted octanol–water partition coefficient (Wildman–Crippen LogP) is 6.22. The molecule has 0 saturated carbocycles. The molecule has 2 aromatic carbocycles. The Morgan fingerprint density at radius 2 is 1.65 bits per heavy atom. The van der Waals surface area contributed by atoms with Crippen molar-refractivity contribution in [2.75, 3.05) is 64.4 Å². The van der Waals surface area contributed by atoms with Crippen molar-refractivity contribution in [3.63, 3.8) is 0 Å². The van der Waals surface area contributed by atoms with Crippen LogP contribution in [0.3, 0.4) is 0 Å². The highest BCUT2D eigenvalue weighted by Crippen LogP contribution is 2.48. The molecule has 3 saturated heterocycles. The third kappa shape index (κ3) is 7.22. The summed E-state index contributed by atoms with van der Waals surface area (Å²) >= 11 is 7.33. The van der Waals surface area contributed by atoms with Gasteiger partial charge in [0, 0.05) is 74.0 Å². The molecule has 262 valence electrons. The predicted molar refractivity (Wildman–Crippen MR) is 190 cm³/mol. The first-order valence-corrected chi connectivity index (χ1v) is 17.7. The maximum atomic E-state index is 12.9. The van der Waals surface area contributed by atoms with Gasteiger partial charge in [-0.25, -0.2) is 4.79 Å². The van der Waals surface area contributed by atoms with Gasteiger partial charge in [0.15, 0.2) is 5.75 Å². The molecule has 12 nitrogen and oxygen atoms in total. The van der Waals surface area contributed by atoms with Gasteiger partial charge in [-0.05, 0) is 65.3 Å². The van der Waals surface area contributed by atoms with E-state index in [9.17, 15) is 4.79 Å². The number of benzene rings is 2. The van der Waals surface area contributed by atoms with Crippen LogP contribution in [-0.2, 0) is 9.47 Å². The van der Waals surface area contributed by atoms with Crippen LogP contribution < -0.4 is 14.4 Å². The number of piperazine rings is 1. The Balaban J connectivity index is 1.36. The van der Waals surface area contributed by atoms with Crippen molar-refractivity contribution in [2.45, 2.75) is 71.2 Å². The van der Waals surface area contributed by atoms with E-state index in [-0.39, 0.29) is 18.3 Å². The Bertz CT molecular complexity index is 1820. The van der Waals surface area contributed by atoms with Crippen molar-refractivity contribution < 1.29 is 23.7 Å². The molecule has 13 heteroatoms. The third-order valence-electron chi connectivity index (χ3n) is 9.56. The molecule has 5 heterocycles. The summed E-state index contributed by atoms with van der Waals surface area (Å²) in [6.07, 6.45) is 4.74. The average molecular weight is 692 g/mol. The molecule has 3 aliphatic heterocycles. The van der Waals surface area contributed by atoms with Gasteiger partial charge in [-0.2, -0.15) is 15.1 Å². The Morgan fingerprint density at radius 1 is 0.939 bits per heavy atom. The first-order valence-electron chi connectivity index (χ1n) is 17.3. The van der Waals surface area contributed by atoms with E-state index in [1.807, 2.05) is 39.1 Å². The fraction of sp³-hybridized carbons (Fsp3) is 0.556. The Hall–Kier alpha value is -3.87. The lowest BCUT2D eigenvalue weighted by molar-refractivity contribution is 0.0239. The first kappa shape index (κ1) is 33.6. The zero-order valence-electron chi connectivity index (χ0n) is 29.1. The molecular formula is C36H46ClN7O5. The molecule has 0 radical (unpaired) electrons. The van der Waals surface area contributed by atoms with Gasteiger partial charge < -0.3 is 33.6 Å². The lowest BCUT2D eigenvalue weighted by Crippen LogP contribution is -2.50. The van der Waals surface area contributed by atoms with Crippen LogP contribution in [0.25, 0.3) is 32.9 Å². The lowest BCUT2D eigenvalue weighted by atomic mass is 9.94. The van der Waals surface area contributed by atoms with Crippen LogP contribution in [0.5, 0.6) is 11.8 Å². The summed E-state index contributed by atoms with van der Waals surface area (Å²) in [6.45, 7) is 13.0. The number of carbonyl (C=O) groups excluding carboxylic acids is 1. The van der Waals surface area contributed by atoms with E-state index in [0.717, 1.165) is 71.8 Å². The van der Waals surface area contributed by atoms with E-state index in [1.165, 1.54) is 0 Å². The third-order valence-corrected chi connectivity index (χ3v) is 9.86. The Labute approximate surface area is 292 Å². The number of hydrogen-bond acceptors (Lipinski definition) is 10. The lowest BCUT2D eigenvalue weighted by Gasteiger charge is -2.37. The van der Waals surface area contributed by atoms with Gasteiger partial charge in [-0.1, -0.05) is 17.7 Å². The average Bonchev–Trinajstić information content (AvgIpc) is 3.55. The maximum absolute atomic E-state index is 12.9. The largest absolute Gasteiger partial charge is 0.487 e. The highest BCUT2D eigenvalue weighted by molar-refractivity contribution is 6.35. The van der Waals surface area contributed by atoms with Gasteiger partial charge in [0.2, 0.25) is 0 Å². The van der Waals surface area contributed by atoms with Crippen LogP contribution in [0.2, 0.25) is 5.02 Å². The molecule has 7 rings (SSSR count). The van der Waals surface area contributed by atoms with Crippen molar-refractivity contribution in [3.8, 4) is 22.9 Å². The Kier molecular flexibility index (Phi) is 9.47. The van der Waals surface area contributed by atoms with Crippen molar-refractivity contribution in [3.05, 3.63) is 35.0 Å². The zero-order chi connectivity index (χ0) is 34.3. The smallest absolute Gasteiger partial charge is 0.410 e. The summed E-state index contributed by atoms with van der Waals surface area (Å²) in [4.78, 5) is 29.3. The van der Waals surface area contributed by atoms with Gasteiger partial charge >= 0.3 is 12.1 Å². The maximum Gasteiger partial charge on any atom is 0.410 e. The quantitative estimate of drug-likeness (QED) is 0.250. The van der Waals surface area contributed by atoms with Crippen molar-refractivity contribution in [1.82, 2.24) is 30.0 Å². The molecule has 0 atom stereocenters. The van der Waals surface area contributed by atoms with E-state index >= 15 is 0 Å². The number of rotatable bonds is 6. The molecule has 0 aliphatic carbocycles. The second-order valence-electron chi connectivity index (χ2n) is 14.4. The summed E-state index contributed by atoms with van der Waals surface area (Å²) in [7, 11) is 2.13. The van der Waals surface area contributed by atoms with Crippen LogP contribution in [0.4, 0.5) is 10.6 Å². The normalized spacial score (nSPS) is 18.7. The number of amides is 1. The fourth-order valence-electron chi connectivity index (χ4n) is 6.91. The number of fused-ring (bicyclic) bond motifs is 2. The number of aromatic amines is 1. The minimum Gasteiger partial charge on any atom is -0.487 e. The standard InChI is InChI=1S/C36H46ClN7O5/c1-22-6-7-28-26(21-38-41-28)29(22)30-27(37)20-25-31(32(30)47-24-10-18-46-19-11-24)39-34(48-23-8-12-42(5)13-9-23)40-33(25)43-14-16-44(17-15-43)35(45)49-36(2,3)4/h6-7,20-21,23-24H,8-19H2,1-5H3,(H,38,41). The topological polar surface area (TPSA) is 118 Å². The summed E-state index contributed by atoms with van der Waals surface area (Å²) in [5.41, 5.74) is 3.76. The molecule has 49 heavy (non-hydrogen) atoms. The molecule has 0 bridgehead atoms. The van der Waals surface area contributed by atoms with Crippen molar-refractivity contribution >= 4 is 45.3 Å². The molecule has 3 aliphatic rings. The van der Waals surface area contributed by atoms with E-state index < -0.39 is 5.60 Å². The van der Waals surface area contributed by atoms with E-state index in [1.54, 1.807) is 4.90 Å². The fourth-order valence-corrected chi connectivity index (χ4v) is 7.20. The zero-order valence-corrected chi connectivity index (χ0v) is 29.8. The minimum absolute atomic E-state index is 0.000860. The van der Waals surface area contributed by atoms with Crippen LogP contribution in [0.15, 0.2) is 24.4 Å². The molecule has 4 aromatic rings. The monoisotopic (exact) mass is 691 g/mol. The van der Waals surface area contributed by atoms with Crippen LogP contribution in [0.1, 0.15) is 52.0 Å². The number of halogens is 1. The number of nitrogens with one attached hydrogen (secondary N) is 1. The summed E-state index contributed by atoms with van der Waals surface area (Å²) in [5, 5.41) is 9.71. The van der Waals surface area contributed by atoms with Gasteiger partial charge in [0.1, 0.15) is 29.1 Å². The van der Waals surface area contributed by atoms with E-state index in [2.05, 4.69) is 40.0 Å². The van der Waals surface area contributed by atoms with Gasteiger partial charge in [-0.3, -0.25) is 5.10 Å². The van der Waals surface area contributed by atoms with Gasteiger partial charge in [-0.15, -0.1) is 0 Å². The first-order chi connectivity index (χ1) is 23.5. The molecule has 3 fully saturated rings. The van der Waals surface area contributed by atoms with Crippen LogP contribution >= 0.6 is 11.6 Å². The molecule has 2 aromatic heterocycles. The minimum atomic E-state index is -0.564. The number of hydrogen-bond donors (Lipinski definition) is 1. The highest BCUT2D eigenvalue weighted by Gasteiger charge is 2.31. The summed E-state index contributed by atoms with van der Waals surface area (Å²) in [5.74, 6) is 1.32. The number of aryl methyl sites for hydroxylation is 1. The van der Waals surface area contributed by atoms with Crippen LogP contribution in [0, 0.1) is 6.92 Å². The highest BCUT2D eigenvalue weighted by atomic mass is 35.5. The summed E-state index contributed by atoms with van der Waals surface area (Å²) < 4.78 is 24.9. The second kappa shape index (κ2) is 13.8.